The average Bonchev–Trinajstić information content (AvgIpc) is 3.01. The Bertz CT molecular complexity index is 671. The molecule has 5 heteroatoms. The van der Waals surface area contributed by atoms with Gasteiger partial charge < -0.3 is 11.1 Å². The number of hydrogen-bond donors (Lipinski definition) is 2. The predicted molar refractivity (Wildman–Crippen MR) is 89.9 cm³/mol. The van der Waals surface area contributed by atoms with Crippen LogP contribution in [-0.4, -0.2) is 15.7 Å². The quantitative estimate of drug-likeness (QED) is 0.673. The Morgan fingerprint density at radius 2 is 2.23 bits per heavy atom. The Morgan fingerprint density at radius 3 is 3.05 bits per heavy atom. The first kappa shape index (κ1) is 14.6. The zero-order valence-electron chi connectivity index (χ0n) is 13.0. The fourth-order valence-electron chi connectivity index (χ4n) is 2.91. The molecule has 0 radical (unpaired) electrons. The third kappa shape index (κ3) is 3.30. The van der Waals surface area contributed by atoms with Crippen molar-refractivity contribution in [3.63, 3.8) is 0 Å². The van der Waals surface area contributed by atoms with Crippen LogP contribution in [0, 0.1) is 0 Å². The van der Waals surface area contributed by atoms with Crippen molar-refractivity contribution in [2.75, 3.05) is 5.32 Å². The molecule has 116 valence electrons. The smallest absolute Gasteiger partial charge is 0.193 e. The molecule has 5 nitrogen and oxygen atoms in total. The SMILES string of the molecule is CCn1cc(CN=C(N)Nc2cccc3c2CCCC3)cn1. The zero-order chi connectivity index (χ0) is 15.4. The maximum absolute atomic E-state index is 6.04. The molecule has 1 aromatic carbocycles. The van der Waals surface area contributed by atoms with Gasteiger partial charge in [0.1, 0.15) is 0 Å². The molecule has 1 aromatic heterocycles. The van der Waals surface area contributed by atoms with Gasteiger partial charge in [-0.05, 0) is 49.8 Å². The number of guanidine groups is 1. The molecule has 0 aliphatic heterocycles. The molecule has 0 bridgehead atoms. The van der Waals surface area contributed by atoms with Gasteiger partial charge in [0.15, 0.2) is 5.96 Å². The maximum Gasteiger partial charge on any atom is 0.193 e. The normalized spacial score (nSPS) is 14.7. The van der Waals surface area contributed by atoms with Gasteiger partial charge >= 0.3 is 0 Å². The van der Waals surface area contributed by atoms with E-state index in [-0.39, 0.29) is 0 Å². The zero-order valence-corrected chi connectivity index (χ0v) is 13.0. The minimum absolute atomic E-state index is 0.461. The van der Waals surface area contributed by atoms with Crippen molar-refractivity contribution < 1.29 is 0 Å². The number of anilines is 1. The minimum atomic E-state index is 0.461. The Hall–Kier alpha value is -2.30. The third-order valence-electron chi connectivity index (χ3n) is 4.10. The predicted octanol–water partition coefficient (Wildman–Crippen LogP) is 2.71. The molecule has 1 aliphatic carbocycles. The summed E-state index contributed by atoms with van der Waals surface area (Å²) in [6.07, 6.45) is 8.65. The van der Waals surface area contributed by atoms with Gasteiger partial charge in [-0.25, -0.2) is 4.99 Å². The first-order chi connectivity index (χ1) is 10.8. The highest BCUT2D eigenvalue weighted by Gasteiger charge is 2.13. The third-order valence-corrected chi connectivity index (χ3v) is 4.10. The molecule has 2 aromatic rings. The average molecular weight is 297 g/mol. The van der Waals surface area contributed by atoms with Gasteiger partial charge in [-0.2, -0.15) is 5.10 Å². The first-order valence-corrected chi connectivity index (χ1v) is 7.95. The molecular weight excluding hydrogens is 274 g/mol. The van der Waals surface area contributed by atoms with Crippen molar-refractivity contribution in [2.45, 2.75) is 45.7 Å². The Kier molecular flexibility index (Phi) is 4.42. The molecule has 3 N–H and O–H groups in total. The summed E-state index contributed by atoms with van der Waals surface area (Å²) >= 11 is 0. The van der Waals surface area contributed by atoms with Gasteiger partial charge in [0.25, 0.3) is 0 Å². The van der Waals surface area contributed by atoms with Crippen molar-refractivity contribution in [1.29, 1.82) is 0 Å². The van der Waals surface area contributed by atoms with Gasteiger partial charge in [-0.15, -0.1) is 0 Å². The molecule has 0 saturated heterocycles. The van der Waals surface area contributed by atoms with E-state index in [1.807, 2.05) is 17.1 Å². The summed E-state index contributed by atoms with van der Waals surface area (Å²) in [6.45, 7) is 3.48. The van der Waals surface area contributed by atoms with Crippen LogP contribution in [0.4, 0.5) is 5.69 Å². The molecule has 0 unspecified atom stereocenters. The highest BCUT2D eigenvalue weighted by Crippen LogP contribution is 2.27. The lowest BCUT2D eigenvalue weighted by atomic mass is 9.90. The largest absolute Gasteiger partial charge is 0.370 e. The lowest BCUT2D eigenvalue weighted by molar-refractivity contribution is 0.659. The molecule has 0 atom stereocenters. The Balaban J connectivity index is 1.68. The van der Waals surface area contributed by atoms with E-state index in [4.69, 9.17) is 5.73 Å². The van der Waals surface area contributed by atoms with Gasteiger partial charge in [-0.3, -0.25) is 4.68 Å². The topological polar surface area (TPSA) is 68.2 Å². The molecule has 0 saturated carbocycles. The molecular formula is C17H23N5. The van der Waals surface area contributed by atoms with Crippen LogP contribution in [-0.2, 0) is 25.9 Å². The van der Waals surface area contributed by atoms with Crippen molar-refractivity contribution in [1.82, 2.24) is 9.78 Å². The van der Waals surface area contributed by atoms with Crippen LogP contribution in [0.2, 0.25) is 0 Å². The number of nitrogens with one attached hydrogen (secondary N) is 1. The standard InChI is InChI=1S/C17H23N5/c1-2-22-12-13(11-20-22)10-19-17(18)21-16-9-5-7-14-6-3-4-8-15(14)16/h5,7,9,11-12H,2-4,6,8,10H2,1H3,(H3,18,19,21). The Morgan fingerprint density at radius 1 is 1.36 bits per heavy atom. The lowest BCUT2D eigenvalue weighted by Crippen LogP contribution is -2.24. The number of nitrogens with zero attached hydrogens (tertiary/aromatic N) is 3. The van der Waals surface area contributed by atoms with Crippen LogP contribution in [0.25, 0.3) is 0 Å². The van der Waals surface area contributed by atoms with Crippen LogP contribution in [0.15, 0.2) is 35.6 Å². The van der Waals surface area contributed by atoms with Gasteiger partial charge in [-0.1, -0.05) is 12.1 Å². The summed E-state index contributed by atoms with van der Waals surface area (Å²) in [5.74, 6) is 0.461. The number of benzene rings is 1. The molecule has 0 fully saturated rings. The number of nitrogens with two attached hydrogens (primary N) is 1. The number of aliphatic imine (C=N–C) groups is 1. The lowest BCUT2D eigenvalue weighted by Gasteiger charge is -2.19. The number of rotatable bonds is 4. The summed E-state index contributed by atoms with van der Waals surface area (Å²) in [4.78, 5) is 4.42. The van der Waals surface area contributed by atoms with Crippen molar-refractivity contribution >= 4 is 11.6 Å². The van der Waals surface area contributed by atoms with E-state index >= 15 is 0 Å². The fraction of sp³-hybridized carbons (Fsp3) is 0.412. The molecule has 1 heterocycles. The Labute approximate surface area is 131 Å². The second-order valence-electron chi connectivity index (χ2n) is 5.68. The number of hydrogen-bond acceptors (Lipinski definition) is 2. The highest BCUT2D eigenvalue weighted by atomic mass is 15.3. The summed E-state index contributed by atoms with van der Waals surface area (Å²) < 4.78 is 1.89. The van der Waals surface area contributed by atoms with E-state index in [2.05, 4.69) is 40.5 Å². The summed E-state index contributed by atoms with van der Waals surface area (Å²) in [5, 5.41) is 7.50. The summed E-state index contributed by atoms with van der Waals surface area (Å²) in [6, 6.07) is 6.39. The van der Waals surface area contributed by atoms with Gasteiger partial charge in [0.05, 0.1) is 12.7 Å². The monoisotopic (exact) mass is 297 g/mol. The summed E-state index contributed by atoms with van der Waals surface area (Å²) in [5.41, 5.74) is 11.0. The van der Waals surface area contributed by atoms with E-state index in [9.17, 15) is 0 Å². The second-order valence-corrected chi connectivity index (χ2v) is 5.68. The van der Waals surface area contributed by atoms with Crippen LogP contribution in [0.5, 0.6) is 0 Å². The van der Waals surface area contributed by atoms with Crippen LogP contribution in [0.1, 0.15) is 36.5 Å². The number of aromatic nitrogens is 2. The van der Waals surface area contributed by atoms with E-state index in [1.54, 1.807) is 0 Å². The van der Waals surface area contributed by atoms with Crippen molar-refractivity contribution in [3.8, 4) is 0 Å². The van der Waals surface area contributed by atoms with Crippen LogP contribution >= 0.6 is 0 Å². The molecule has 22 heavy (non-hydrogen) atoms. The molecule has 0 amide bonds. The van der Waals surface area contributed by atoms with E-state index in [0.717, 1.165) is 30.6 Å². The van der Waals surface area contributed by atoms with Gasteiger partial charge in [0, 0.05) is 24.0 Å². The number of aryl methyl sites for hydroxylation is 2. The first-order valence-electron chi connectivity index (χ1n) is 7.95. The summed E-state index contributed by atoms with van der Waals surface area (Å²) in [7, 11) is 0. The molecule has 3 rings (SSSR count). The molecule has 0 spiro atoms. The van der Waals surface area contributed by atoms with Crippen LogP contribution < -0.4 is 11.1 Å². The van der Waals surface area contributed by atoms with Crippen molar-refractivity contribution in [2.24, 2.45) is 10.7 Å². The number of fused-ring (bicyclic) bond motifs is 1. The van der Waals surface area contributed by atoms with Crippen molar-refractivity contribution in [3.05, 3.63) is 47.3 Å². The second kappa shape index (κ2) is 6.64. The highest BCUT2D eigenvalue weighted by molar-refractivity contribution is 5.93. The maximum atomic E-state index is 6.04. The van der Waals surface area contributed by atoms with Crippen LogP contribution in [0.3, 0.4) is 0 Å². The van der Waals surface area contributed by atoms with E-state index in [1.165, 1.54) is 24.0 Å². The molecule has 1 aliphatic rings. The van der Waals surface area contributed by atoms with Gasteiger partial charge in [0.2, 0.25) is 0 Å². The van der Waals surface area contributed by atoms with E-state index < -0.39 is 0 Å². The van der Waals surface area contributed by atoms with E-state index in [0.29, 0.717) is 12.5 Å². The minimum Gasteiger partial charge on any atom is -0.370 e. The fourth-order valence-corrected chi connectivity index (χ4v) is 2.91.